The van der Waals surface area contributed by atoms with E-state index in [0.29, 0.717) is 10.8 Å². The summed E-state index contributed by atoms with van der Waals surface area (Å²) in [5.41, 5.74) is 10.1. The van der Waals surface area contributed by atoms with E-state index in [1.807, 2.05) is 6.07 Å². The van der Waals surface area contributed by atoms with E-state index in [1.165, 1.54) is 22.1 Å². The fraction of sp³-hybridized carbons (Fsp3) is 0.240. The first-order valence-electron chi connectivity index (χ1n) is 18.6. The summed E-state index contributed by atoms with van der Waals surface area (Å²) in [6.45, 7) is 20.3. The van der Waals surface area contributed by atoms with Gasteiger partial charge < -0.3 is 10.1 Å². The summed E-state index contributed by atoms with van der Waals surface area (Å²) in [4.78, 5) is 0. The van der Waals surface area contributed by atoms with E-state index < -0.39 is 0 Å². The minimum atomic E-state index is -0.0212. The van der Waals surface area contributed by atoms with E-state index in [9.17, 15) is 0 Å². The maximum absolute atomic E-state index is 7.52. The molecule has 7 aromatic rings. The highest BCUT2D eigenvalue weighted by molar-refractivity contribution is 6.35. The second-order valence-electron chi connectivity index (χ2n) is 17.3. The number of benzene rings is 7. The number of ether oxygens (including phenoxy) is 1. The fourth-order valence-corrected chi connectivity index (χ4v) is 7.26. The summed E-state index contributed by atoms with van der Waals surface area (Å²) in [6, 6.07) is 47.6. The molecule has 0 unspecified atom stereocenters. The van der Waals surface area contributed by atoms with E-state index in [2.05, 4.69) is 195 Å². The molecular formula is C50H50ClNO. The maximum Gasteiger partial charge on any atom is 0.148 e. The Balaban J connectivity index is 1.39. The quantitative estimate of drug-likeness (QED) is 0.173. The van der Waals surface area contributed by atoms with E-state index in [-0.39, 0.29) is 16.2 Å². The van der Waals surface area contributed by atoms with Gasteiger partial charge in [0.15, 0.2) is 0 Å². The monoisotopic (exact) mass is 715 g/mol. The number of hydrogen-bond acceptors (Lipinski definition) is 2. The Morgan fingerprint density at radius 2 is 0.962 bits per heavy atom. The van der Waals surface area contributed by atoms with Gasteiger partial charge in [0.05, 0.1) is 5.69 Å². The number of halogens is 1. The zero-order valence-corrected chi connectivity index (χ0v) is 33.2. The lowest BCUT2D eigenvalue weighted by Crippen LogP contribution is -2.12. The molecule has 0 heterocycles. The third-order valence-electron chi connectivity index (χ3n) is 10.3. The predicted octanol–water partition coefficient (Wildman–Crippen LogP) is 15.4. The van der Waals surface area contributed by atoms with Crippen LogP contribution in [0.3, 0.4) is 0 Å². The van der Waals surface area contributed by atoms with Crippen LogP contribution in [0.2, 0.25) is 5.02 Å². The molecule has 3 heteroatoms. The molecule has 1 N–H and O–H groups in total. The van der Waals surface area contributed by atoms with Crippen LogP contribution in [0.5, 0.6) is 11.5 Å². The smallest absolute Gasteiger partial charge is 0.148 e. The molecule has 0 aliphatic carbocycles. The number of fused-ring (bicyclic) bond motifs is 3. The first kappa shape index (κ1) is 36.3. The van der Waals surface area contributed by atoms with Gasteiger partial charge in [-0.15, -0.1) is 0 Å². The second-order valence-corrected chi connectivity index (χ2v) is 17.7. The van der Waals surface area contributed by atoms with Crippen molar-refractivity contribution in [3.8, 4) is 33.8 Å². The Bertz CT molecular complexity index is 2440. The van der Waals surface area contributed by atoms with Crippen LogP contribution in [0.1, 0.15) is 79.0 Å². The zero-order valence-electron chi connectivity index (χ0n) is 32.5. The Kier molecular flexibility index (Phi) is 9.41. The van der Waals surface area contributed by atoms with Gasteiger partial charge in [-0.2, -0.15) is 0 Å². The summed E-state index contributed by atoms with van der Waals surface area (Å²) in [5, 5.41) is 8.87. The van der Waals surface area contributed by atoms with Crippen molar-refractivity contribution in [2.45, 2.75) is 78.6 Å². The van der Waals surface area contributed by atoms with Crippen molar-refractivity contribution >= 4 is 44.5 Å². The lowest BCUT2D eigenvalue weighted by molar-refractivity contribution is 0.489. The van der Waals surface area contributed by atoms with Crippen LogP contribution in [-0.2, 0) is 16.2 Å². The van der Waals surface area contributed by atoms with Crippen molar-refractivity contribution in [2.24, 2.45) is 0 Å². The predicted molar refractivity (Wildman–Crippen MR) is 230 cm³/mol. The van der Waals surface area contributed by atoms with Crippen molar-refractivity contribution in [1.29, 1.82) is 0 Å². The van der Waals surface area contributed by atoms with Crippen LogP contribution < -0.4 is 10.1 Å². The third-order valence-corrected chi connectivity index (χ3v) is 10.7. The van der Waals surface area contributed by atoms with E-state index in [0.717, 1.165) is 55.5 Å². The van der Waals surface area contributed by atoms with Crippen LogP contribution in [-0.4, -0.2) is 0 Å². The minimum Gasteiger partial charge on any atom is -0.455 e. The molecule has 53 heavy (non-hydrogen) atoms. The third kappa shape index (κ3) is 7.44. The van der Waals surface area contributed by atoms with Gasteiger partial charge in [-0.1, -0.05) is 177 Å². The van der Waals surface area contributed by atoms with Crippen molar-refractivity contribution in [3.63, 3.8) is 0 Å². The largest absolute Gasteiger partial charge is 0.455 e. The number of nitrogens with one attached hydrogen (secondary N) is 1. The standard InChI is InChI=1S/C50H50ClNO/c1-48(2,3)35-22-18-32(19-23-35)39-27-29-44(53-45-30-34-14-10-11-15-38(34)40-16-12-13-17-41(40)45)46(51)47(39)52-43-28-26-37(50(7,8)9)31-42(43)33-20-24-36(25-21-33)49(4,5)6/h10-31,52H,1-9H3. The zero-order chi connectivity index (χ0) is 37.7. The molecule has 268 valence electrons. The van der Waals surface area contributed by atoms with Gasteiger partial charge in [0, 0.05) is 22.2 Å². The highest BCUT2D eigenvalue weighted by atomic mass is 35.5. The molecule has 0 spiro atoms. The van der Waals surface area contributed by atoms with Crippen molar-refractivity contribution in [3.05, 3.63) is 155 Å². The topological polar surface area (TPSA) is 21.3 Å². The summed E-state index contributed by atoms with van der Waals surface area (Å²) < 4.78 is 6.82. The van der Waals surface area contributed by atoms with Gasteiger partial charge in [-0.25, -0.2) is 0 Å². The Hall–Kier alpha value is -5.05. The number of anilines is 2. The van der Waals surface area contributed by atoms with E-state index in [1.54, 1.807) is 0 Å². The molecule has 0 aliphatic heterocycles. The molecule has 0 amide bonds. The van der Waals surface area contributed by atoms with Gasteiger partial charge in [-0.3, -0.25) is 0 Å². The molecule has 7 rings (SSSR count). The Morgan fingerprint density at radius 3 is 1.55 bits per heavy atom. The molecule has 0 atom stereocenters. The van der Waals surface area contributed by atoms with Crippen LogP contribution in [0.15, 0.2) is 133 Å². The van der Waals surface area contributed by atoms with E-state index >= 15 is 0 Å². The van der Waals surface area contributed by atoms with Crippen LogP contribution in [0.25, 0.3) is 43.8 Å². The molecule has 0 bridgehead atoms. The lowest BCUT2D eigenvalue weighted by atomic mass is 9.83. The molecule has 0 saturated carbocycles. The normalized spacial score (nSPS) is 12.3. The van der Waals surface area contributed by atoms with Gasteiger partial charge in [0.25, 0.3) is 0 Å². The van der Waals surface area contributed by atoms with Crippen molar-refractivity contribution in [2.75, 3.05) is 5.32 Å². The lowest BCUT2D eigenvalue weighted by Gasteiger charge is -2.24. The molecule has 0 fully saturated rings. The average molecular weight is 716 g/mol. The van der Waals surface area contributed by atoms with Crippen molar-refractivity contribution in [1.82, 2.24) is 0 Å². The van der Waals surface area contributed by atoms with Gasteiger partial charge in [0.2, 0.25) is 0 Å². The first-order chi connectivity index (χ1) is 25.1. The van der Waals surface area contributed by atoms with Gasteiger partial charge in [-0.05, 0) is 90.6 Å². The molecule has 0 aromatic heterocycles. The highest BCUT2D eigenvalue weighted by Crippen LogP contribution is 2.47. The molecule has 0 radical (unpaired) electrons. The van der Waals surface area contributed by atoms with Gasteiger partial charge >= 0.3 is 0 Å². The summed E-state index contributed by atoms with van der Waals surface area (Å²) >= 11 is 7.52. The molecule has 0 saturated heterocycles. The van der Waals surface area contributed by atoms with Crippen LogP contribution >= 0.6 is 11.6 Å². The Labute approximate surface area is 320 Å². The number of hydrogen-bond donors (Lipinski definition) is 1. The highest BCUT2D eigenvalue weighted by Gasteiger charge is 2.22. The molecule has 7 aromatic carbocycles. The molecule has 2 nitrogen and oxygen atoms in total. The minimum absolute atomic E-state index is 0.0212. The summed E-state index contributed by atoms with van der Waals surface area (Å²) in [6.07, 6.45) is 0. The maximum atomic E-state index is 7.52. The van der Waals surface area contributed by atoms with E-state index in [4.69, 9.17) is 16.3 Å². The van der Waals surface area contributed by atoms with Crippen LogP contribution in [0.4, 0.5) is 11.4 Å². The molecule has 0 aliphatic rings. The fourth-order valence-electron chi connectivity index (χ4n) is 7.01. The first-order valence-corrected chi connectivity index (χ1v) is 19.0. The molecular weight excluding hydrogens is 666 g/mol. The van der Waals surface area contributed by atoms with Crippen LogP contribution in [0, 0.1) is 0 Å². The summed E-state index contributed by atoms with van der Waals surface area (Å²) in [5.74, 6) is 1.36. The SMILES string of the molecule is CC(C)(C)c1ccc(-c2cc(C(C)(C)C)ccc2Nc2c(-c3ccc(C(C)(C)C)cc3)ccc(Oc3cc4ccccc4c4ccccc34)c2Cl)cc1. The van der Waals surface area contributed by atoms with Crippen molar-refractivity contribution < 1.29 is 4.74 Å². The average Bonchev–Trinajstić information content (AvgIpc) is 3.12. The number of rotatable bonds is 6. The van der Waals surface area contributed by atoms with Gasteiger partial charge in [0.1, 0.15) is 16.5 Å². The Morgan fingerprint density at radius 1 is 0.453 bits per heavy atom. The summed E-state index contributed by atoms with van der Waals surface area (Å²) in [7, 11) is 0. The second kappa shape index (κ2) is 13.7.